The summed E-state index contributed by atoms with van der Waals surface area (Å²) < 4.78 is 38.0. The Kier molecular flexibility index (Phi) is 7.37. The second-order valence-electron chi connectivity index (χ2n) is 8.35. The van der Waals surface area contributed by atoms with Gasteiger partial charge in [-0.25, -0.2) is 13.2 Å². The van der Waals surface area contributed by atoms with Crippen molar-refractivity contribution < 1.29 is 27.5 Å². The van der Waals surface area contributed by atoms with Crippen LogP contribution in [0.4, 0.5) is 0 Å². The topological polar surface area (TPSA) is 102 Å². The maximum absolute atomic E-state index is 13.2. The number of carbonyl (C=O) groups is 2. The number of nitrogens with zero attached hydrogens (tertiary/aromatic N) is 1. The predicted molar refractivity (Wildman–Crippen MR) is 132 cm³/mol. The van der Waals surface area contributed by atoms with Crippen molar-refractivity contribution in [2.75, 3.05) is 27.3 Å². The highest BCUT2D eigenvalue weighted by Gasteiger charge is 2.34. The maximum Gasteiger partial charge on any atom is 0.339 e. The molecule has 3 aromatic carbocycles. The van der Waals surface area contributed by atoms with Crippen molar-refractivity contribution in [3.8, 4) is 5.75 Å². The van der Waals surface area contributed by atoms with E-state index in [1.54, 1.807) is 19.2 Å². The molecule has 0 radical (unpaired) electrons. The minimum Gasteiger partial charge on any atom is -0.496 e. The molecule has 3 aromatic rings. The molecule has 0 atom stereocenters. The molecule has 8 nitrogen and oxygen atoms in total. The van der Waals surface area contributed by atoms with Crippen molar-refractivity contribution in [2.24, 2.45) is 5.92 Å². The fourth-order valence-electron chi connectivity index (χ4n) is 4.48. The molecule has 0 saturated carbocycles. The molecule has 0 bridgehead atoms. The molecule has 0 aliphatic carbocycles. The van der Waals surface area contributed by atoms with Crippen LogP contribution in [0.2, 0.25) is 0 Å². The number of esters is 1. The Labute approximate surface area is 204 Å². The molecule has 0 spiro atoms. The number of rotatable bonds is 7. The van der Waals surface area contributed by atoms with E-state index in [1.807, 2.05) is 36.4 Å². The molecule has 1 fully saturated rings. The van der Waals surface area contributed by atoms with Crippen LogP contribution < -0.4 is 10.1 Å². The molecular weight excluding hydrogens is 468 g/mol. The lowest BCUT2D eigenvalue weighted by atomic mass is 9.97. The lowest BCUT2D eigenvalue weighted by molar-refractivity contribution is -0.126. The third kappa shape index (κ3) is 5.01. The molecule has 1 saturated heterocycles. The van der Waals surface area contributed by atoms with E-state index in [1.165, 1.54) is 23.5 Å². The van der Waals surface area contributed by atoms with Gasteiger partial charge in [-0.3, -0.25) is 4.79 Å². The zero-order valence-corrected chi connectivity index (χ0v) is 20.5. The van der Waals surface area contributed by atoms with Crippen LogP contribution >= 0.6 is 0 Å². The van der Waals surface area contributed by atoms with E-state index < -0.39 is 16.0 Å². The quantitative estimate of drug-likeness (QED) is 0.504. The van der Waals surface area contributed by atoms with Gasteiger partial charge in [0.05, 0.1) is 24.7 Å². The Morgan fingerprint density at radius 1 is 0.971 bits per heavy atom. The molecule has 35 heavy (non-hydrogen) atoms. The van der Waals surface area contributed by atoms with Crippen LogP contribution in [-0.2, 0) is 26.1 Å². The van der Waals surface area contributed by atoms with Crippen molar-refractivity contribution in [1.82, 2.24) is 9.62 Å². The maximum atomic E-state index is 13.2. The average Bonchev–Trinajstić information content (AvgIpc) is 2.91. The van der Waals surface area contributed by atoms with Gasteiger partial charge in [-0.2, -0.15) is 4.31 Å². The zero-order chi connectivity index (χ0) is 25.0. The highest BCUT2D eigenvalue weighted by molar-refractivity contribution is 7.89. The molecule has 1 heterocycles. The molecule has 1 aliphatic rings. The highest BCUT2D eigenvalue weighted by atomic mass is 32.2. The number of piperidine rings is 1. The molecule has 9 heteroatoms. The van der Waals surface area contributed by atoms with E-state index in [2.05, 4.69) is 5.32 Å². The van der Waals surface area contributed by atoms with E-state index in [4.69, 9.17) is 9.47 Å². The van der Waals surface area contributed by atoms with E-state index in [0.29, 0.717) is 25.1 Å². The Morgan fingerprint density at radius 2 is 1.66 bits per heavy atom. The number of nitrogens with one attached hydrogen (secondary N) is 1. The molecule has 184 valence electrons. The van der Waals surface area contributed by atoms with Gasteiger partial charge in [0.2, 0.25) is 15.9 Å². The summed E-state index contributed by atoms with van der Waals surface area (Å²) in [5.74, 6) is -0.429. The molecule has 1 amide bonds. The Bertz CT molecular complexity index is 1350. The Balaban J connectivity index is 1.42. The minimum absolute atomic E-state index is 0.00102. The summed E-state index contributed by atoms with van der Waals surface area (Å²) in [5.41, 5.74) is 0.900. The summed E-state index contributed by atoms with van der Waals surface area (Å²) in [5, 5.41) is 5.07. The van der Waals surface area contributed by atoms with Crippen molar-refractivity contribution in [3.05, 3.63) is 71.8 Å². The number of methoxy groups -OCH3 is 2. The monoisotopic (exact) mass is 496 g/mol. The lowest BCUT2D eigenvalue weighted by Gasteiger charge is -2.31. The highest BCUT2D eigenvalue weighted by Crippen LogP contribution is 2.29. The van der Waals surface area contributed by atoms with E-state index in [-0.39, 0.29) is 35.4 Å². The summed E-state index contributed by atoms with van der Waals surface area (Å²) in [6.45, 7) is 0.690. The van der Waals surface area contributed by atoms with Gasteiger partial charge in [0.15, 0.2) is 0 Å². The molecule has 1 N–H and O–H groups in total. The fraction of sp³-hybridized carbons (Fsp3) is 0.308. The van der Waals surface area contributed by atoms with E-state index in [9.17, 15) is 18.0 Å². The van der Waals surface area contributed by atoms with Gasteiger partial charge in [0, 0.05) is 31.1 Å². The largest absolute Gasteiger partial charge is 0.496 e. The van der Waals surface area contributed by atoms with Crippen molar-refractivity contribution in [1.29, 1.82) is 0 Å². The first-order valence-electron chi connectivity index (χ1n) is 11.4. The van der Waals surface area contributed by atoms with Crippen LogP contribution in [0.3, 0.4) is 0 Å². The van der Waals surface area contributed by atoms with E-state index in [0.717, 1.165) is 16.3 Å². The van der Waals surface area contributed by atoms with Gasteiger partial charge in [-0.05, 0) is 41.8 Å². The summed E-state index contributed by atoms with van der Waals surface area (Å²) in [7, 11) is -1.09. The number of benzene rings is 3. The smallest absolute Gasteiger partial charge is 0.339 e. The summed E-state index contributed by atoms with van der Waals surface area (Å²) in [4.78, 5) is 24.9. The number of ether oxygens (including phenoxy) is 2. The van der Waals surface area contributed by atoms with Crippen LogP contribution in [0.15, 0.2) is 65.6 Å². The molecule has 0 unspecified atom stereocenters. The van der Waals surface area contributed by atoms with Crippen molar-refractivity contribution >= 4 is 32.7 Å². The van der Waals surface area contributed by atoms with Crippen LogP contribution in [-0.4, -0.2) is 51.9 Å². The molecular formula is C26H28N2O6S. The zero-order valence-electron chi connectivity index (χ0n) is 19.7. The molecule has 4 rings (SSSR count). The van der Waals surface area contributed by atoms with Gasteiger partial charge in [-0.1, -0.05) is 42.5 Å². The fourth-order valence-corrected chi connectivity index (χ4v) is 6.13. The van der Waals surface area contributed by atoms with Crippen LogP contribution in [0.1, 0.15) is 28.8 Å². The van der Waals surface area contributed by atoms with Gasteiger partial charge >= 0.3 is 5.97 Å². The van der Waals surface area contributed by atoms with Crippen LogP contribution in [0.5, 0.6) is 5.75 Å². The summed E-state index contributed by atoms with van der Waals surface area (Å²) >= 11 is 0. The van der Waals surface area contributed by atoms with Gasteiger partial charge < -0.3 is 14.8 Å². The van der Waals surface area contributed by atoms with Crippen LogP contribution in [0, 0.1) is 5.92 Å². The average molecular weight is 497 g/mol. The standard InChI is InChI=1S/C26H28N2O6S/c1-33-23-12-11-18-7-3-4-8-20(18)22(23)17-27-25(29)19-13-15-28(16-14-19)35(31,32)24-10-6-5-9-21(24)26(30)34-2/h3-12,19H,13-17H2,1-2H3,(H,27,29). The Hall–Kier alpha value is -3.43. The Morgan fingerprint density at radius 3 is 2.37 bits per heavy atom. The molecule has 1 aliphatic heterocycles. The SMILES string of the molecule is COC(=O)c1ccccc1S(=O)(=O)N1CCC(C(=O)NCc2c(OC)ccc3ccccc23)CC1. The first-order valence-corrected chi connectivity index (χ1v) is 12.8. The van der Waals surface area contributed by atoms with Gasteiger partial charge in [0.25, 0.3) is 0 Å². The first kappa shape index (κ1) is 24.7. The number of hydrogen-bond donors (Lipinski definition) is 1. The van der Waals surface area contributed by atoms with Crippen LogP contribution in [0.25, 0.3) is 10.8 Å². The second-order valence-corrected chi connectivity index (χ2v) is 10.3. The summed E-state index contributed by atoms with van der Waals surface area (Å²) in [6.07, 6.45) is 0.774. The van der Waals surface area contributed by atoms with Gasteiger partial charge in [0.1, 0.15) is 5.75 Å². The predicted octanol–water partition coefficient (Wildman–Crippen LogP) is 3.35. The number of carbonyl (C=O) groups excluding carboxylic acids is 2. The number of hydrogen-bond acceptors (Lipinski definition) is 6. The third-order valence-corrected chi connectivity index (χ3v) is 8.35. The first-order chi connectivity index (χ1) is 16.9. The number of sulfonamides is 1. The summed E-state index contributed by atoms with van der Waals surface area (Å²) in [6, 6.07) is 17.8. The van der Waals surface area contributed by atoms with E-state index >= 15 is 0 Å². The van der Waals surface area contributed by atoms with Gasteiger partial charge in [-0.15, -0.1) is 0 Å². The molecule has 0 aromatic heterocycles. The lowest BCUT2D eigenvalue weighted by Crippen LogP contribution is -2.43. The van der Waals surface area contributed by atoms with Crippen molar-refractivity contribution in [3.63, 3.8) is 0 Å². The van der Waals surface area contributed by atoms with Crippen molar-refractivity contribution in [2.45, 2.75) is 24.3 Å². The normalized spacial score (nSPS) is 15.0. The third-order valence-electron chi connectivity index (χ3n) is 6.39. The second kappa shape index (κ2) is 10.5. The number of fused-ring (bicyclic) bond motifs is 1. The number of amides is 1. The minimum atomic E-state index is -3.90.